The topological polar surface area (TPSA) is 98.1 Å². The number of ether oxygens (including phenoxy) is 1. The minimum absolute atomic E-state index is 0.0733. The van der Waals surface area contributed by atoms with Gasteiger partial charge in [-0.05, 0) is 29.8 Å². The molecule has 10 heteroatoms. The van der Waals surface area contributed by atoms with E-state index in [1.807, 2.05) is 31.2 Å². The molecule has 2 aromatic carbocycles. The molecule has 0 saturated carbocycles. The molecule has 0 unspecified atom stereocenters. The minimum atomic E-state index is -0.573. The Hall–Kier alpha value is -3.10. The third-order valence-corrected chi connectivity index (χ3v) is 5.01. The van der Waals surface area contributed by atoms with E-state index in [1.165, 1.54) is 4.68 Å². The highest BCUT2D eigenvalue weighted by Gasteiger charge is 2.20. The van der Waals surface area contributed by atoms with Crippen LogP contribution < -0.4 is 15.4 Å². The minimum Gasteiger partial charge on any atom is -0.497 e. The van der Waals surface area contributed by atoms with Gasteiger partial charge >= 0.3 is 0 Å². The van der Waals surface area contributed by atoms with E-state index < -0.39 is 5.91 Å². The first-order chi connectivity index (χ1) is 14.9. The summed E-state index contributed by atoms with van der Waals surface area (Å²) in [6.45, 7) is 1.99. The number of carbonyl (C=O) groups excluding carboxylic acids is 2. The van der Waals surface area contributed by atoms with Gasteiger partial charge in [-0.25, -0.2) is 9.67 Å². The van der Waals surface area contributed by atoms with Gasteiger partial charge in [0.05, 0.1) is 23.7 Å². The van der Waals surface area contributed by atoms with Crippen molar-refractivity contribution >= 4 is 35.0 Å². The van der Waals surface area contributed by atoms with Gasteiger partial charge in [0.15, 0.2) is 0 Å². The van der Waals surface area contributed by atoms with Crippen LogP contribution in [0.15, 0.2) is 42.5 Å². The molecule has 0 radical (unpaired) electrons. The van der Waals surface area contributed by atoms with E-state index in [4.69, 9.17) is 27.9 Å². The van der Waals surface area contributed by atoms with Crippen LogP contribution in [0.25, 0.3) is 5.69 Å². The van der Waals surface area contributed by atoms with Crippen LogP contribution in [-0.4, -0.2) is 40.2 Å². The van der Waals surface area contributed by atoms with Gasteiger partial charge in [0.25, 0.3) is 5.91 Å². The molecular weight excluding hydrogens is 441 g/mol. The van der Waals surface area contributed by atoms with E-state index in [9.17, 15) is 9.59 Å². The lowest BCUT2D eigenvalue weighted by Crippen LogP contribution is -2.37. The highest BCUT2D eigenvalue weighted by atomic mass is 35.5. The number of aromatic nitrogens is 3. The third-order valence-electron chi connectivity index (χ3n) is 4.40. The van der Waals surface area contributed by atoms with Crippen molar-refractivity contribution in [3.05, 3.63) is 69.7 Å². The molecule has 0 aliphatic carbocycles. The molecule has 0 saturated heterocycles. The average Bonchev–Trinajstić information content (AvgIpc) is 3.20. The number of rotatable bonds is 8. The fourth-order valence-corrected chi connectivity index (χ4v) is 3.34. The third kappa shape index (κ3) is 5.53. The van der Waals surface area contributed by atoms with Crippen molar-refractivity contribution in [1.82, 2.24) is 25.4 Å². The van der Waals surface area contributed by atoms with E-state index in [2.05, 4.69) is 20.7 Å². The number of benzene rings is 2. The molecule has 31 heavy (non-hydrogen) atoms. The standard InChI is InChI=1S/C21H21Cl2N5O3/c1-3-17-26-20(27-28(17)19-15(22)5-4-6-16(19)23)21(30)25-12-18(29)24-11-13-7-9-14(31-2)10-8-13/h4-10H,3,11-12H2,1-2H3,(H,24,29)(H,25,30). The number of nitrogens with one attached hydrogen (secondary N) is 2. The van der Waals surface area contributed by atoms with Crippen LogP contribution in [0.2, 0.25) is 10.0 Å². The molecule has 0 bridgehead atoms. The zero-order chi connectivity index (χ0) is 22.4. The molecule has 1 heterocycles. The highest BCUT2D eigenvalue weighted by Crippen LogP contribution is 2.28. The van der Waals surface area contributed by atoms with Crippen LogP contribution in [0.4, 0.5) is 0 Å². The van der Waals surface area contributed by atoms with Crippen molar-refractivity contribution in [2.45, 2.75) is 19.9 Å². The van der Waals surface area contributed by atoms with Crippen molar-refractivity contribution in [1.29, 1.82) is 0 Å². The number of nitrogens with zero attached hydrogens (tertiary/aromatic N) is 3. The van der Waals surface area contributed by atoms with E-state index >= 15 is 0 Å². The van der Waals surface area contributed by atoms with Crippen LogP contribution in [0.1, 0.15) is 28.9 Å². The Labute approximate surface area is 189 Å². The Morgan fingerprint density at radius 3 is 2.35 bits per heavy atom. The van der Waals surface area contributed by atoms with Crippen LogP contribution in [0.3, 0.4) is 0 Å². The molecule has 1 aromatic heterocycles. The molecule has 0 atom stereocenters. The number of hydrogen-bond acceptors (Lipinski definition) is 5. The second-order valence-electron chi connectivity index (χ2n) is 6.49. The Bertz CT molecular complexity index is 1060. The normalized spacial score (nSPS) is 10.6. The van der Waals surface area contributed by atoms with Crippen molar-refractivity contribution in [2.75, 3.05) is 13.7 Å². The summed E-state index contributed by atoms with van der Waals surface area (Å²) in [5, 5.41) is 10.3. The molecule has 2 N–H and O–H groups in total. The van der Waals surface area contributed by atoms with Gasteiger partial charge in [0.2, 0.25) is 11.7 Å². The van der Waals surface area contributed by atoms with Crippen LogP contribution >= 0.6 is 23.2 Å². The molecule has 3 rings (SSSR count). The lowest BCUT2D eigenvalue weighted by Gasteiger charge is -2.08. The first-order valence-corrected chi connectivity index (χ1v) is 10.3. The second kappa shape index (κ2) is 10.3. The van der Waals surface area contributed by atoms with Gasteiger partial charge in [-0.1, -0.05) is 48.3 Å². The number of amides is 2. The van der Waals surface area contributed by atoms with Crippen molar-refractivity contribution in [3.8, 4) is 11.4 Å². The Kier molecular flexibility index (Phi) is 7.49. The lowest BCUT2D eigenvalue weighted by atomic mass is 10.2. The molecule has 0 spiro atoms. The summed E-state index contributed by atoms with van der Waals surface area (Å²) < 4.78 is 6.55. The number of aryl methyl sites for hydroxylation is 1. The van der Waals surface area contributed by atoms with Gasteiger partial charge < -0.3 is 15.4 Å². The molecule has 0 aliphatic rings. The van der Waals surface area contributed by atoms with Crippen LogP contribution in [-0.2, 0) is 17.8 Å². The molecule has 3 aromatic rings. The second-order valence-corrected chi connectivity index (χ2v) is 7.31. The molecule has 0 fully saturated rings. The van der Waals surface area contributed by atoms with Crippen LogP contribution in [0.5, 0.6) is 5.75 Å². The summed E-state index contributed by atoms with van der Waals surface area (Å²) in [4.78, 5) is 28.8. The summed E-state index contributed by atoms with van der Waals surface area (Å²) in [6.07, 6.45) is 0.504. The van der Waals surface area contributed by atoms with E-state index in [0.717, 1.165) is 11.3 Å². The Morgan fingerprint density at radius 2 is 1.74 bits per heavy atom. The fraction of sp³-hybridized carbons (Fsp3) is 0.238. The maximum Gasteiger partial charge on any atom is 0.291 e. The van der Waals surface area contributed by atoms with Gasteiger partial charge in [0.1, 0.15) is 17.3 Å². The molecule has 0 aliphatic heterocycles. The number of para-hydroxylation sites is 1. The summed E-state index contributed by atoms with van der Waals surface area (Å²) in [6, 6.07) is 12.4. The van der Waals surface area contributed by atoms with Gasteiger partial charge in [-0.15, -0.1) is 5.10 Å². The Morgan fingerprint density at radius 1 is 1.06 bits per heavy atom. The van der Waals surface area contributed by atoms with Gasteiger partial charge in [-0.2, -0.15) is 0 Å². The predicted molar refractivity (Wildman–Crippen MR) is 118 cm³/mol. The Balaban J connectivity index is 1.61. The summed E-state index contributed by atoms with van der Waals surface area (Å²) in [5.74, 6) is 0.267. The first-order valence-electron chi connectivity index (χ1n) is 9.51. The van der Waals surface area contributed by atoms with E-state index in [1.54, 1.807) is 25.3 Å². The highest BCUT2D eigenvalue weighted by molar-refractivity contribution is 6.37. The first kappa shape index (κ1) is 22.6. The predicted octanol–water partition coefficient (Wildman–Crippen LogP) is 3.19. The molecule has 162 valence electrons. The van der Waals surface area contributed by atoms with E-state index in [0.29, 0.717) is 34.5 Å². The lowest BCUT2D eigenvalue weighted by molar-refractivity contribution is -0.120. The van der Waals surface area contributed by atoms with Gasteiger partial charge in [0, 0.05) is 13.0 Å². The van der Waals surface area contributed by atoms with Crippen molar-refractivity contribution < 1.29 is 14.3 Å². The maximum absolute atomic E-state index is 12.5. The number of hydrogen-bond donors (Lipinski definition) is 2. The van der Waals surface area contributed by atoms with Gasteiger partial charge in [-0.3, -0.25) is 9.59 Å². The molecule has 2 amide bonds. The number of methoxy groups -OCH3 is 1. The largest absolute Gasteiger partial charge is 0.497 e. The SMILES string of the molecule is CCc1nc(C(=O)NCC(=O)NCc2ccc(OC)cc2)nn1-c1c(Cl)cccc1Cl. The summed E-state index contributed by atoms with van der Waals surface area (Å²) >= 11 is 12.5. The quantitative estimate of drug-likeness (QED) is 0.536. The number of halogens is 2. The molecule has 8 nitrogen and oxygen atoms in total. The fourth-order valence-electron chi connectivity index (χ4n) is 2.79. The monoisotopic (exact) mass is 461 g/mol. The van der Waals surface area contributed by atoms with E-state index in [-0.39, 0.29) is 18.3 Å². The number of carbonyl (C=O) groups is 2. The molecular formula is C21H21Cl2N5O3. The van der Waals surface area contributed by atoms with Crippen LogP contribution in [0, 0.1) is 0 Å². The zero-order valence-corrected chi connectivity index (χ0v) is 18.5. The van der Waals surface area contributed by atoms with Crippen molar-refractivity contribution in [3.63, 3.8) is 0 Å². The average molecular weight is 462 g/mol. The maximum atomic E-state index is 12.5. The van der Waals surface area contributed by atoms with Crippen molar-refractivity contribution in [2.24, 2.45) is 0 Å². The zero-order valence-electron chi connectivity index (χ0n) is 17.0. The summed E-state index contributed by atoms with van der Waals surface area (Å²) in [7, 11) is 1.59. The summed E-state index contributed by atoms with van der Waals surface area (Å²) in [5.41, 5.74) is 1.36. The smallest absolute Gasteiger partial charge is 0.291 e.